The minimum atomic E-state index is -1.12. The van der Waals surface area contributed by atoms with Crippen LogP contribution in [0.2, 0.25) is 0 Å². The molecule has 3 amide bonds. The van der Waals surface area contributed by atoms with Crippen molar-refractivity contribution in [1.29, 1.82) is 5.26 Å². The summed E-state index contributed by atoms with van der Waals surface area (Å²) in [6.45, 7) is 2.86. The number of esters is 1. The summed E-state index contributed by atoms with van der Waals surface area (Å²) in [6.07, 6.45) is 2.02. The van der Waals surface area contributed by atoms with E-state index in [2.05, 4.69) is 5.32 Å². The van der Waals surface area contributed by atoms with E-state index in [1.54, 1.807) is 24.3 Å². The first-order valence-corrected chi connectivity index (χ1v) is 9.72. The first-order valence-electron chi connectivity index (χ1n) is 9.72. The number of hydrogen-bond donors (Lipinski definition) is 1. The molecule has 2 fully saturated rings. The average molecular weight is 397 g/mol. The van der Waals surface area contributed by atoms with Gasteiger partial charge in [-0.1, -0.05) is 12.8 Å². The van der Waals surface area contributed by atoms with Crippen molar-refractivity contribution in [2.24, 2.45) is 11.8 Å². The van der Waals surface area contributed by atoms with Crippen molar-refractivity contribution < 1.29 is 23.9 Å². The van der Waals surface area contributed by atoms with Gasteiger partial charge in [0.15, 0.2) is 6.10 Å². The minimum absolute atomic E-state index is 0.321. The van der Waals surface area contributed by atoms with Crippen LogP contribution >= 0.6 is 0 Å². The monoisotopic (exact) mass is 397 g/mol. The van der Waals surface area contributed by atoms with Gasteiger partial charge in [0, 0.05) is 5.69 Å². The van der Waals surface area contributed by atoms with Crippen molar-refractivity contribution in [3.8, 4) is 6.07 Å². The molecule has 0 bridgehead atoms. The Bertz CT molecular complexity index is 849. The number of fused-ring (bicyclic) bond motifs is 1. The van der Waals surface area contributed by atoms with E-state index >= 15 is 0 Å². The Morgan fingerprint density at radius 3 is 2.17 bits per heavy atom. The molecule has 1 aliphatic carbocycles. The van der Waals surface area contributed by atoms with Crippen LogP contribution in [0, 0.1) is 23.2 Å². The van der Waals surface area contributed by atoms with Gasteiger partial charge in [0.05, 0.1) is 23.5 Å². The van der Waals surface area contributed by atoms with Gasteiger partial charge in [0.2, 0.25) is 11.8 Å². The van der Waals surface area contributed by atoms with Crippen molar-refractivity contribution >= 4 is 29.4 Å². The Morgan fingerprint density at radius 1 is 1.10 bits per heavy atom. The maximum atomic E-state index is 12.6. The van der Waals surface area contributed by atoms with E-state index in [1.165, 1.54) is 13.8 Å². The Morgan fingerprint density at radius 2 is 1.66 bits per heavy atom. The van der Waals surface area contributed by atoms with Gasteiger partial charge in [-0.15, -0.1) is 0 Å². The van der Waals surface area contributed by atoms with E-state index in [0.29, 0.717) is 24.1 Å². The van der Waals surface area contributed by atoms with Crippen molar-refractivity contribution in [3.63, 3.8) is 0 Å². The zero-order valence-electron chi connectivity index (χ0n) is 16.4. The Kier molecular flexibility index (Phi) is 5.97. The maximum absolute atomic E-state index is 12.6. The number of nitriles is 1. The summed E-state index contributed by atoms with van der Waals surface area (Å²) in [5.74, 6) is -2.68. The van der Waals surface area contributed by atoms with Crippen molar-refractivity contribution in [3.05, 3.63) is 29.8 Å². The molecule has 0 unspecified atom stereocenters. The van der Waals surface area contributed by atoms with E-state index < -0.39 is 24.0 Å². The predicted molar refractivity (Wildman–Crippen MR) is 102 cm³/mol. The second kappa shape index (κ2) is 8.43. The van der Waals surface area contributed by atoms with Crippen LogP contribution in [-0.2, 0) is 23.9 Å². The quantitative estimate of drug-likeness (QED) is 0.600. The number of hydrogen-bond acceptors (Lipinski definition) is 6. The van der Waals surface area contributed by atoms with Gasteiger partial charge in [0.25, 0.3) is 5.91 Å². The SMILES string of the molecule is C[C@H](OC(=O)[C@@H](C)N1C(=O)[C@H]2CCCC[C@H]2C1=O)C(=O)Nc1ccc(C#N)cc1. The molecule has 0 spiro atoms. The van der Waals surface area contributed by atoms with Crippen LogP contribution in [-0.4, -0.2) is 40.7 Å². The van der Waals surface area contributed by atoms with Gasteiger partial charge in [-0.25, -0.2) is 4.79 Å². The lowest BCUT2D eigenvalue weighted by atomic mass is 9.81. The summed E-state index contributed by atoms with van der Waals surface area (Å²) < 4.78 is 5.20. The topological polar surface area (TPSA) is 117 Å². The molecule has 1 heterocycles. The highest BCUT2D eigenvalue weighted by molar-refractivity contribution is 6.08. The fourth-order valence-corrected chi connectivity index (χ4v) is 3.87. The molecule has 8 nitrogen and oxygen atoms in total. The highest BCUT2D eigenvalue weighted by atomic mass is 16.5. The maximum Gasteiger partial charge on any atom is 0.329 e. The molecule has 1 aromatic rings. The number of carbonyl (C=O) groups is 4. The lowest BCUT2D eigenvalue weighted by Gasteiger charge is -2.23. The molecule has 1 saturated carbocycles. The molecule has 29 heavy (non-hydrogen) atoms. The van der Waals surface area contributed by atoms with Gasteiger partial charge in [0.1, 0.15) is 6.04 Å². The Labute approximate surface area is 168 Å². The van der Waals surface area contributed by atoms with Crippen molar-refractivity contribution in [1.82, 2.24) is 4.90 Å². The number of ether oxygens (including phenoxy) is 1. The number of amides is 3. The van der Waals surface area contributed by atoms with Crippen LogP contribution < -0.4 is 5.32 Å². The molecular formula is C21H23N3O5. The van der Waals surface area contributed by atoms with Crippen LogP contribution in [0.4, 0.5) is 5.69 Å². The molecule has 1 aliphatic heterocycles. The fourth-order valence-electron chi connectivity index (χ4n) is 3.87. The molecule has 8 heteroatoms. The van der Waals surface area contributed by atoms with Crippen LogP contribution in [0.15, 0.2) is 24.3 Å². The summed E-state index contributed by atoms with van der Waals surface area (Å²) >= 11 is 0. The fraction of sp³-hybridized carbons (Fsp3) is 0.476. The molecule has 4 atom stereocenters. The van der Waals surface area contributed by atoms with E-state index in [1.807, 2.05) is 6.07 Å². The molecule has 2 aliphatic rings. The summed E-state index contributed by atoms with van der Waals surface area (Å²) in [5, 5.41) is 11.4. The molecule has 1 N–H and O–H groups in total. The second-order valence-electron chi connectivity index (χ2n) is 7.48. The molecule has 3 rings (SSSR count). The zero-order valence-corrected chi connectivity index (χ0v) is 16.4. The Balaban J connectivity index is 1.59. The second-order valence-corrected chi connectivity index (χ2v) is 7.48. The van der Waals surface area contributed by atoms with Crippen LogP contribution in [0.5, 0.6) is 0 Å². The third kappa shape index (κ3) is 4.14. The largest absolute Gasteiger partial charge is 0.451 e. The zero-order chi connectivity index (χ0) is 21.1. The van der Waals surface area contributed by atoms with Gasteiger partial charge in [-0.2, -0.15) is 5.26 Å². The number of imide groups is 1. The van der Waals surface area contributed by atoms with E-state index in [0.717, 1.165) is 17.7 Å². The number of likely N-dealkylation sites (tertiary alicyclic amines) is 1. The molecule has 1 aromatic carbocycles. The Hall–Kier alpha value is -3.21. The van der Waals surface area contributed by atoms with Gasteiger partial charge >= 0.3 is 5.97 Å². The molecular weight excluding hydrogens is 374 g/mol. The van der Waals surface area contributed by atoms with Gasteiger partial charge in [-0.3, -0.25) is 19.3 Å². The van der Waals surface area contributed by atoms with Gasteiger partial charge in [-0.05, 0) is 51.0 Å². The standard InChI is InChI=1S/C21H23N3O5/c1-12(24-19(26)16-5-3-4-6-17(16)20(24)27)21(28)29-13(2)18(25)23-15-9-7-14(11-22)8-10-15/h7-10,12-13,16-17H,3-6H2,1-2H3,(H,23,25)/t12-,13+,16-,17+/m1/s1. The molecule has 0 aromatic heterocycles. The van der Waals surface area contributed by atoms with Crippen molar-refractivity contribution in [2.45, 2.75) is 51.7 Å². The number of anilines is 1. The van der Waals surface area contributed by atoms with Crippen LogP contribution in [0.1, 0.15) is 45.1 Å². The van der Waals surface area contributed by atoms with E-state index in [9.17, 15) is 19.2 Å². The summed E-state index contributed by atoms with van der Waals surface area (Å²) in [6, 6.07) is 7.14. The minimum Gasteiger partial charge on any atom is -0.451 e. The number of benzene rings is 1. The lowest BCUT2D eigenvalue weighted by Crippen LogP contribution is -2.46. The number of nitrogens with zero attached hydrogens (tertiary/aromatic N) is 2. The molecule has 1 saturated heterocycles. The van der Waals surface area contributed by atoms with Crippen LogP contribution in [0.25, 0.3) is 0 Å². The highest BCUT2D eigenvalue weighted by Gasteiger charge is 2.51. The summed E-state index contributed by atoms with van der Waals surface area (Å²) in [4.78, 5) is 51.0. The predicted octanol–water partition coefficient (Wildman–Crippen LogP) is 1.99. The number of rotatable bonds is 5. The van der Waals surface area contributed by atoms with Crippen LogP contribution in [0.3, 0.4) is 0 Å². The lowest BCUT2D eigenvalue weighted by molar-refractivity contribution is -0.163. The summed E-state index contributed by atoms with van der Waals surface area (Å²) in [5.41, 5.74) is 0.913. The number of nitrogens with one attached hydrogen (secondary N) is 1. The average Bonchev–Trinajstić information content (AvgIpc) is 2.98. The van der Waals surface area contributed by atoms with E-state index in [4.69, 9.17) is 10.00 Å². The van der Waals surface area contributed by atoms with Gasteiger partial charge < -0.3 is 10.1 Å². The van der Waals surface area contributed by atoms with E-state index in [-0.39, 0.29) is 23.7 Å². The number of carbonyl (C=O) groups excluding carboxylic acids is 4. The third-order valence-electron chi connectivity index (χ3n) is 5.55. The molecule has 152 valence electrons. The third-order valence-corrected chi connectivity index (χ3v) is 5.55. The van der Waals surface area contributed by atoms with Crippen molar-refractivity contribution in [2.75, 3.05) is 5.32 Å². The first kappa shape index (κ1) is 20.5. The summed E-state index contributed by atoms with van der Waals surface area (Å²) in [7, 11) is 0. The normalized spacial score (nSPS) is 23.0. The smallest absolute Gasteiger partial charge is 0.329 e. The first-order chi connectivity index (χ1) is 13.8. The molecule has 0 radical (unpaired) electrons. The highest BCUT2D eigenvalue weighted by Crippen LogP contribution is 2.38.